The molecule has 0 unspecified atom stereocenters. The van der Waals surface area contributed by atoms with Crippen molar-refractivity contribution in [3.63, 3.8) is 0 Å². The van der Waals surface area contributed by atoms with Crippen molar-refractivity contribution < 1.29 is 4.92 Å². The van der Waals surface area contributed by atoms with Crippen molar-refractivity contribution in [1.29, 1.82) is 0 Å². The monoisotopic (exact) mass is 249 g/mol. The number of fused-ring (bicyclic) bond motifs is 1. The van der Waals surface area contributed by atoms with Crippen LogP contribution in [0.1, 0.15) is 6.42 Å². The van der Waals surface area contributed by atoms with Crippen molar-refractivity contribution in [1.82, 2.24) is 9.97 Å². The summed E-state index contributed by atoms with van der Waals surface area (Å²) in [4.78, 5) is 19.6. The average molecular weight is 249 g/mol. The van der Waals surface area contributed by atoms with E-state index in [1.807, 2.05) is 11.9 Å². The summed E-state index contributed by atoms with van der Waals surface area (Å²) in [6, 6.07) is 4.58. The van der Waals surface area contributed by atoms with Gasteiger partial charge in [0.15, 0.2) is 0 Å². The highest BCUT2D eigenvalue weighted by molar-refractivity contribution is 5.80. The van der Waals surface area contributed by atoms with E-state index in [1.54, 1.807) is 6.07 Å². The Morgan fingerprint density at radius 2 is 2.33 bits per heavy atom. The minimum atomic E-state index is -0.419. The molecule has 0 atom stereocenters. The van der Waals surface area contributed by atoms with Crippen LogP contribution in [0.3, 0.4) is 0 Å². The van der Waals surface area contributed by atoms with E-state index in [2.05, 4.69) is 9.97 Å². The topological polar surface area (TPSA) is 101 Å². The predicted molar refractivity (Wildman–Crippen MR) is 69.7 cm³/mol. The first-order valence-electron chi connectivity index (χ1n) is 5.67. The smallest absolute Gasteiger partial charge is 0.271 e. The van der Waals surface area contributed by atoms with Crippen molar-refractivity contribution in [3.05, 3.63) is 28.3 Å². The van der Waals surface area contributed by atoms with Gasteiger partial charge >= 0.3 is 0 Å². The Labute approximate surface area is 104 Å². The van der Waals surface area contributed by atoms with E-state index in [-0.39, 0.29) is 5.69 Å². The lowest BCUT2D eigenvalue weighted by molar-refractivity contribution is -0.384. The summed E-state index contributed by atoms with van der Waals surface area (Å²) >= 11 is 0. The van der Waals surface area contributed by atoms with Crippen LogP contribution < -0.4 is 10.6 Å². The number of nitrogens with zero attached hydrogens (tertiary/aromatic N) is 3. The molecule has 0 aliphatic carbocycles. The van der Waals surface area contributed by atoms with E-state index in [0.717, 1.165) is 18.5 Å². The molecule has 96 valence electrons. The number of hydrogen-bond acceptors (Lipinski definition) is 5. The van der Waals surface area contributed by atoms with E-state index in [0.29, 0.717) is 18.0 Å². The van der Waals surface area contributed by atoms with Crippen molar-refractivity contribution in [2.45, 2.75) is 6.42 Å². The molecule has 7 heteroatoms. The van der Waals surface area contributed by atoms with Gasteiger partial charge in [-0.3, -0.25) is 10.1 Å². The molecule has 0 spiro atoms. The van der Waals surface area contributed by atoms with Crippen LogP contribution in [0.25, 0.3) is 11.0 Å². The SMILES string of the molecule is CN(CCCN)c1nc2ccc([N+](=O)[O-])cc2[nH]1. The fourth-order valence-electron chi connectivity index (χ4n) is 1.71. The maximum atomic E-state index is 10.7. The first-order valence-corrected chi connectivity index (χ1v) is 5.67. The first-order chi connectivity index (χ1) is 8.61. The van der Waals surface area contributed by atoms with Crippen LogP contribution in [0, 0.1) is 10.1 Å². The lowest BCUT2D eigenvalue weighted by atomic mass is 10.3. The van der Waals surface area contributed by atoms with Crippen LogP contribution in [0.4, 0.5) is 11.6 Å². The zero-order valence-corrected chi connectivity index (χ0v) is 10.1. The quantitative estimate of drug-likeness (QED) is 0.613. The molecule has 0 amide bonds. The fraction of sp³-hybridized carbons (Fsp3) is 0.364. The number of aromatic amines is 1. The Morgan fingerprint density at radius 1 is 1.56 bits per heavy atom. The maximum Gasteiger partial charge on any atom is 0.271 e. The zero-order chi connectivity index (χ0) is 13.1. The van der Waals surface area contributed by atoms with Crippen molar-refractivity contribution in [2.75, 3.05) is 25.0 Å². The van der Waals surface area contributed by atoms with E-state index in [1.165, 1.54) is 12.1 Å². The Bertz CT molecular complexity index is 566. The molecule has 2 rings (SSSR count). The summed E-state index contributed by atoms with van der Waals surface area (Å²) in [6.45, 7) is 1.41. The summed E-state index contributed by atoms with van der Waals surface area (Å²) in [6.07, 6.45) is 0.869. The number of nitrogens with two attached hydrogens (primary N) is 1. The molecule has 0 fully saturated rings. The van der Waals surface area contributed by atoms with Crippen LogP contribution in [0.15, 0.2) is 18.2 Å². The number of benzene rings is 1. The van der Waals surface area contributed by atoms with Crippen LogP contribution in [-0.2, 0) is 0 Å². The molecule has 0 aliphatic heterocycles. The molecule has 0 saturated heterocycles. The number of nitrogens with one attached hydrogen (secondary N) is 1. The summed E-state index contributed by atoms with van der Waals surface area (Å²) in [5.74, 6) is 0.693. The van der Waals surface area contributed by atoms with Crippen molar-refractivity contribution in [2.24, 2.45) is 5.73 Å². The van der Waals surface area contributed by atoms with Crippen LogP contribution >= 0.6 is 0 Å². The number of nitro groups is 1. The van der Waals surface area contributed by atoms with Gasteiger partial charge in [-0.25, -0.2) is 4.98 Å². The summed E-state index contributed by atoms with van der Waals surface area (Å²) < 4.78 is 0. The highest BCUT2D eigenvalue weighted by Crippen LogP contribution is 2.21. The average Bonchev–Trinajstić information content (AvgIpc) is 2.78. The number of imidazole rings is 1. The second kappa shape index (κ2) is 5.01. The number of anilines is 1. The zero-order valence-electron chi connectivity index (χ0n) is 10.1. The molecular formula is C11H15N5O2. The number of H-pyrrole nitrogens is 1. The van der Waals surface area contributed by atoms with Crippen LogP contribution in [0.2, 0.25) is 0 Å². The standard InChI is InChI=1S/C11H15N5O2/c1-15(6-2-5-12)11-13-9-4-3-8(16(17)18)7-10(9)14-11/h3-4,7H,2,5-6,12H2,1H3,(H,13,14). The molecule has 2 aromatic rings. The largest absolute Gasteiger partial charge is 0.345 e. The molecule has 3 N–H and O–H groups in total. The Balaban J connectivity index is 2.29. The molecule has 0 saturated carbocycles. The maximum absolute atomic E-state index is 10.7. The molecule has 0 radical (unpaired) electrons. The molecule has 0 bridgehead atoms. The van der Waals surface area contributed by atoms with Crippen molar-refractivity contribution in [3.8, 4) is 0 Å². The minimum Gasteiger partial charge on any atom is -0.345 e. The Kier molecular flexibility index (Phi) is 3.42. The summed E-state index contributed by atoms with van der Waals surface area (Å²) in [5, 5.41) is 10.7. The summed E-state index contributed by atoms with van der Waals surface area (Å²) in [5.41, 5.74) is 6.89. The summed E-state index contributed by atoms with van der Waals surface area (Å²) in [7, 11) is 1.90. The van der Waals surface area contributed by atoms with Gasteiger partial charge in [-0.1, -0.05) is 0 Å². The molecule has 7 nitrogen and oxygen atoms in total. The van der Waals surface area contributed by atoms with E-state index < -0.39 is 4.92 Å². The van der Waals surface area contributed by atoms with Gasteiger partial charge in [0.2, 0.25) is 5.95 Å². The lowest BCUT2D eigenvalue weighted by Crippen LogP contribution is -2.21. The highest BCUT2D eigenvalue weighted by Gasteiger charge is 2.11. The Hall–Kier alpha value is -2.15. The Morgan fingerprint density at radius 3 is 3.00 bits per heavy atom. The highest BCUT2D eigenvalue weighted by atomic mass is 16.6. The second-order valence-electron chi connectivity index (χ2n) is 4.08. The van der Waals surface area contributed by atoms with Gasteiger partial charge in [0.25, 0.3) is 5.69 Å². The fourth-order valence-corrected chi connectivity index (χ4v) is 1.71. The van der Waals surface area contributed by atoms with E-state index >= 15 is 0 Å². The van der Waals surface area contributed by atoms with E-state index in [9.17, 15) is 10.1 Å². The number of rotatable bonds is 5. The number of non-ortho nitro benzene ring substituents is 1. The minimum absolute atomic E-state index is 0.0577. The number of aromatic nitrogens is 2. The lowest BCUT2D eigenvalue weighted by Gasteiger charge is -2.14. The van der Waals surface area contributed by atoms with Crippen LogP contribution in [-0.4, -0.2) is 35.0 Å². The second-order valence-corrected chi connectivity index (χ2v) is 4.08. The van der Waals surface area contributed by atoms with Gasteiger partial charge in [0, 0.05) is 25.7 Å². The van der Waals surface area contributed by atoms with Crippen molar-refractivity contribution >= 4 is 22.7 Å². The van der Waals surface area contributed by atoms with Gasteiger partial charge in [0.1, 0.15) is 0 Å². The molecule has 1 heterocycles. The van der Waals surface area contributed by atoms with Gasteiger partial charge in [0.05, 0.1) is 16.0 Å². The van der Waals surface area contributed by atoms with Gasteiger partial charge < -0.3 is 15.6 Å². The normalized spacial score (nSPS) is 10.8. The first kappa shape index (κ1) is 12.3. The predicted octanol–water partition coefficient (Wildman–Crippen LogP) is 1.26. The van der Waals surface area contributed by atoms with Gasteiger partial charge in [-0.2, -0.15) is 0 Å². The third-order valence-electron chi connectivity index (χ3n) is 2.72. The third-order valence-corrected chi connectivity index (χ3v) is 2.72. The van der Waals surface area contributed by atoms with E-state index in [4.69, 9.17) is 5.73 Å². The van der Waals surface area contributed by atoms with Gasteiger partial charge in [-0.05, 0) is 19.0 Å². The number of hydrogen-bond donors (Lipinski definition) is 2. The van der Waals surface area contributed by atoms with Crippen LogP contribution in [0.5, 0.6) is 0 Å². The molecular weight excluding hydrogens is 234 g/mol. The molecule has 1 aromatic heterocycles. The number of nitro benzene ring substituents is 1. The molecule has 1 aromatic carbocycles. The third kappa shape index (κ3) is 2.40. The molecule has 18 heavy (non-hydrogen) atoms. The van der Waals surface area contributed by atoms with Gasteiger partial charge in [-0.15, -0.1) is 0 Å². The molecule has 0 aliphatic rings.